The third-order valence-corrected chi connectivity index (χ3v) is 3.67. The molecule has 2 aromatic rings. The van der Waals surface area contributed by atoms with E-state index in [0.29, 0.717) is 6.61 Å². The Labute approximate surface area is 109 Å². The Morgan fingerprint density at radius 2 is 2.06 bits per heavy atom. The quantitative estimate of drug-likeness (QED) is 0.867. The summed E-state index contributed by atoms with van der Waals surface area (Å²) in [4.78, 5) is 10.3. The molecule has 0 amide bonds. The number of rotatable bonds is 4. The second-order valence-electron chi connectivity index (χ2n) is 3.64. The summed E-state index contributed by atoms with van der Waals surface area (Å²) in [5.41, 5.74) is 2.10. The number of halogens is 1. The lowest BCUT2D eigenvalue weighted by Gasteiger charge is -1.98. The first kappa shape index (κ1) is 12.5. The van der Waals surface area contributed by atoms with Crippen LogP contribution in [0.2, 0.25) is 5.02 Å². The zero-order valence-electron chi connectivity index (χ0n) is 9.44. The summed E-state index contributed by atoms with van der Waals surface area (Å²) in [6.45, 7) is 2.56. The van der Waals surface area contributed by atoms with Gasteiger partial charge in [0.15, 0.2) is 0 Å². The van der Waals surface area contributed by atoms with E-state index in [2.05, 4.69) is 16.7 Å². The molecular weight excluding hydrogens is 256 g/mol. The van der Waals surface area contributed by atoms with E-state index in [9.17, 15) is 0 Å². The molecule has 0 spiro atoms. The van der Waals surface area contributed by atoms with Gasteiger partial charge >= 0.3 is 0 Å². The van der Waals surface area contributed by atoms with E-state index in [0.717, 1.165) is 27.7 Å². The van der Waals surface area contributed by atoms with Crippen molar-refractivity contribution in [2.24, 2.45) is 5.90 Å². The molecule has 0 aliphatic heterocycles. The van der Waals surface area contributed by atoms with Crippen LogP contribution in [0.1, 0.15) is 9.88 Å². The highest BCUT2D eigenvalue weighted by molar-refractivity contribution is 7.12. The van der Waals surface area contributed by atoms with Gasteiger partial charge in [-0.25, -0.2) is 10.9 Å². The molecule has 1 aromatic carbocycles. The first-order valence-corrected chi connectivity index (χ1v) is 6.44. The second kappa shape index (κ2) is 5.60. The molecule has 0 bridgehead atoms. The Kier molecular flexibility index (Phi) is 4.12. The van der Waals surface area contributed by atoms with Gasteiger partial charge in [0.2, 0.25) is 0 Å². The predicted octanol–water partition coefficient (Wildman–Crippen LogP) is 3.20. The number of aromatic nitrogens is 1. The average Bonchev–Trinajstić information content (AvgIpc) is 2.69. The van der Waals surface area contributed by atoms with Gasteiger partial charge in [0.25, 0.3) is 0 Å². The van der Waals surface area contributed by atoms with Gasteiger partial charge in [-0.3, -0.25) is 0 Å². The molecule has 5 heteroatoms. The number of hydrogen-bond acceptors (Lipinski definition) is 4. The van der Waals surface area contributed by atoms with Gasteiger partial charge in [0.1, 0.15) is 0 Å². The fourth-order valence-electron chi connectivity index (χ4n) is 1.58. The number of nitrogens with two attached hydrogens (primary N) is 1. The van der Waals surface area contributed by atoms with Crippen molar-refractivity contribution in [2.45, 2.75) is 13.3 Å². The summed E-state index contributed by atoms with van der Waals surface area (Å²) in [5, 5.41) is 1.77. The molecule has 0 saturated carbocycles. The van der Waals surface area contributed by atoms with Crippen LogP contribution in [0.4, 0.5) is 0 Å². The lowest BCUT2D eigenvalue weighted by atomic mass is 10.1. The fourth-order valence-corrected chi connectivity index (χ4v) is 2.64. The molecule has 17 heavy (non-hydrogen) atoms. The third kappa shape index (κ3) is 3.04. The zero-order chi connectivity index (χ0) is 12.3. The smallest absolute Gasteiger partial charge is 0.0959 e. The van der Waals surface area contributed by atoms with Crippen molar-refractivity contribution in [3.05, 3.63) is 39.2 Å². The Bertz CT molecular complexity index is 496. The van der Waals surface area contributed by atoms with Crippen LogP contribution < -0.4 is 5.90 Å². The van der Waals surface area contributed by atoms with Gasteiger partial charge in [-0.15, -0.1) is 11.3 Å². The van der Waals surface area contributed by atoms with Crippen molar-refractivity contribution in [3.63, 3.8) is 0 Å². The SMILES string of the molecule is Cc1sc(CCON)nc1-c1ccc(Cl)cc1. The molecule has 90 valence electrons. The van der Waals surface area contributed by atoms with E-state index < -0.39 is 0 Å². The Morgan fingerprint density at radius 3 is 2.71 bits per heavy atom. The number of nitrogens with zero attached hydrogens (tertiary/aromatic N) is 1. The highest BCUT2D eigenvalue weighted by Gasteiger charge is 2.09. The summed E-state index contributed by atoms with van der Waals surface area (Å²) < 4.78 is 0. The van der Waals surface area contributed by atoms with Crippen molar-refractivity contribution in [3.8, 4) is 11.3 Å². The first-order valence-electron chi connectivity index (χ1n) is 5.24. The van der Waals surface area contributed by atoms with Gasteiger partial charge in [-0.05, 0) is 19.1 Å². The first-order chi connectivity index (χ1) is 8.20. The molecule has 0 aliphatic rings. The lowest BCUT2D eigenvalue weighted by Crippen LogP contribution is -2.03. The topological polar surface area (TPSA) is 48.1 Å². The summed E-state index contributed by atoms with van der Waals surface area (Å²) in [7, 11) is 0. The van der Waals surface area contributed by atoms with E-state index in [1.54, 1.807) is 11.3 Å². The van der Waals surface area contributed by atoms with Crippen LogP contribution in [0.25, 0.3) is 11.3 Å². The number of thiazole rings is 1. The maximum atomic E-state index is 5.86. The molecule has 2 rings (SSSR count). The van der Waals surface area contributed by atoms with Crippen LogP contribution in [0.3, 0.4) is 0 Å². The third-order valence-electron chi connectivity index (χ3n) is 2.39. The molecule has 0 fully saturated rings. The molecule has 0 aliphatic carbocycles. The molecule has 0 atom stereocenters. The van der Waals surface area contributed by atoms with Gasteiger partial charge in [-0.2, -0.15) is 0 Å². The largest absolute Gasteiger partial charge is 0.304 e. The molecule has 3 nitrogen and oxygen atoms in total. The molecule has 0 unspecified atom stereocenters. The molecule has 2 N–H and O–H groups in total. The summed E-state index contributed by atoms with van der Waals surface area (Å²) in [6, 6.07) is 7.71. The van der Waals surface area contributed by atoms with Crippen molar-refractivity contribution in [1.82, 2.24) is 4.98 Å². The number of aryl methyl sites for hydroxylation is 1. The van der Waals surface area contributed by atoms with Crippen LogP contribution in [0.5, 0.6) is 0 Å². The van der Waals surface area contributed by atoms with Crippen molar-refractivity contribution in [1.29, 1.82) is 0 Å². The fraction of sp³-hybridized carbons (Fsp3) is 0.250. The monoisotopic (exact) mass is 268 g/mol. The van der Waals surface area contributed by atoms with Crippen LogP contribution in [-0.2, 0) is 11.3 Å². The zero-order valence-corrected chi connectivity index (χ0v) is 11.0. The Hall–Kier alpha value is -0.940. The van der Waals surface area contributed by atoms with Crippen LogP contribution in [0, 0.1) is 6.92 Å². The molecular formula is C12H13ClN2OS. The minimum atomic E-state index is 0.493. The van der Waals surface area contributed by atoms with Crippen LogP contribution in [0.15, 0.2) is 24.3 Å². The lowest BCUT2D eigenvalue weighted by molar-refractivity contribution is 0.141. The number of hydrogen-bond donors (Lipinski definition) is 1. The van der Waals surface area contributed by atoms with Crippen molar-refractivity contribution in [2.75, 3.05) is 6.61 Å². The average molecular weight is 269 g/mol. The molecule has 0 radical (unpaired) electrons. The van der Waals surface area contributed by atoms with Gasteiger partial charge in [0.05, 0.1) is 17.3 Å². The predicted molar refractivity (Wildman–Crippen MR) is 71.1 cm³/mol. The summed E-state index contributed by atoms with van der Waals surface area (Å²) in [6.07, 6.45) is 0.746. The highest BCUT2D eigenvalue weighted by Crippen LogP contribution is 2.28. The Morgan fingerprint density at radius 1 is 1.35 bits per heavy atom. The van der Waals surface area contributed by atoms with E-state index in [-0.39, 0.29) is 0 Å². The number of benzene rings is 1. The van der Waals surface area contributed by atoms with Gasteiger partial charge in [-0.1, -0.05) is 23.7 Å². The highest BCUT2D eigenvalue weighted by atomic mass is 35.5. The summed E-state index contributed by atoms with van der Waals surface area (Å²) in [5.74, 6) is 5.01. The van der Waals surface area contributed by atoms with Crippen LogP contribution >= 0.6 is 22.9 Å². The summed E-state index contributed by atoms with van der Waals surface area (Å²) >= 11 is 7.54. The van der Waals surface area contributed by atoms with Gasteiger partial charge in [0, 0.05) is 21.9 Å². The molecule has 1 aromatic heterocycles. The molecule has 0 saturated heterocycles. The van der Waals surface area contributed by atoms with Gasteiger partial charge < -0.3 is 4.84 Å². The normalized spacial score (nSPS) is 10.8. The van der Waals surface area contributed by atoms with Crippen molar-refractivity contribution >= 4 is 22.9 Å². The molecule has 1 heterocycles. The van der Waals surface area contributed by atoms with E-state index >= 15 is 0 Å². The maximum Gasteiger partial charge on any atom is 0.0959 e. The minimum Gasteiger partial charge on any atom is -0.304 e. The second-order valence-corrected chi connectivity index (χ2v) is 5.36. The van der Waals surface area contributed by atoms with E-state index in [4.69, 9.17) is 17.5 Å². The maximum absolute atomic E-state index is 5.86. The van der Waals surface area contributed by atoms with E-state index in [1.165, 1.54) is 4.88 Å². The standard InChI is InChI=1S/C12H13ClN2OS/c1-8-12(9-2-4-10(13)5-3-9)15-11(17-8)6-7-16-14/h2-5H,6-7,14H2,1H3. The minimum absolute atomic E-state index is 0.493. The van der Waals surface area contributed by atoms with Crippen LogP contribution in [-0.4, -0.2) is 11.6 Å². The Balaban J connectivity index is 2.26. The van der Waals surface area contributed by atoms with E-state index in [1.807, 2.05) is 24.3 Å². The van der Waals surface area contributed by atoms with Crippen molar-refractivity contribution < 1.29 is 4.84 Å².